The van der Waals surface area contributed by atoms with E-state index in [2.05, 4.69) is 57.2 Å². The van der Waals surface area contributed by atoms with Crippen molar-refractivity contribution in [2.24, 2.45) is 0 Å². The number of esters is 1. The van der Waals surface area contributed by atoms with Crippen molar-refractivity contribution in [1.29, 1.82) is 0 Å². The van der Waals surface area contributed by atoms with Gasteiger partial charge in [-0.25, -0.2) is 4.79 Å². The first kappa shape index (κ1) is 21.9. The Balaban J connectivity index is 2.36. The monoisotopic (exact) mass is 378 g/mol. The largest absolute Gasteiger partial charge is 0.462 e. The summed E-state index contributed by atoms with van der Waals surface area (Å²) in [7, 11) is 0. The molecule has 0 amide bonds. The number of aryl methyl sites for hydroxylation is 1. The van der Waals surface area contributed by atoms with Crippen molar-refractivity contribution in [3.8, 4) is 0 Å². The average Bonchev–Trinajstić information content (AvgIpc) is 2.71. The zero-order valence-corrected chi connectivity index (χ0v) is 17.7. The van der Waals surface area contributed by atoms with Crippen LogP contribution in [-0.4, -0.2) is 12.6 Å². The molecule has 0 bridgehead atoms. The Morgan fingerprint density at radius 2 is 1.61 bits per heavy atom. The molecule has 2 heteroatoms. The van der Waals surface area contributed by atoms with E-state index in [1.807, 2.05) is 18.2 Å². The van der Waals surface area contributed by atoms with E-state index in [0.29, 0.717) is 12.2 Å². The lowest BCUT2D eigenvalue weighted by Crippen LogP contribution is -2.10. The molecule has 0 heterocycles. The van der Waals surface area contributed by atoms with E-state index in [-0.39, 0.29) is 5.97 Å². The van der Waals surface area contributed by atoms with Gasteiger partial charge in [0.05, 0.1) is 12.2 Å². The van der Waals surface area contributed by atoms with E-state index in [4.69, 9.17) is 4.74 Å². The maximum atomic E-state index is 12.8. The first-order valence-electron chi connectivity index (χ1n) is 10.7. The lowest BCUT2D eigenvalue weighted by molar-refractivity contribution is 0.0497. The standard InChI is InChI=1S/C26H34O2/c1-4-6-9-17-23(20-22-15-10-8-11-16-22)25-21(3)14-13-18-24(25)26(27)28-19-12-7-5-2/h8,10-11,13-16,18,20H,4-7,9,12,17,19H2,1-3H3/b23-20-. The topological polar surface area (TPSA) is 26.3 Å². The molecule has 2 rings (SSSR count). The summed E-state index contributed by atoms with van der Waals surface area (Å²) in [6, 6.07) is 16.3. The third kappa shape index (κ3) is 6.67. The number of allylic oxidation sites excluding steroid dienone is 1. The highest BCUT2D eigenvalue weighted by Gasteiger charge is 2.17. The summed E-state index contributed by atoms with van der Waals surface area (Å²) in [5, 5.41) is 0. The van der Waals surface area contributed by atoms with Gasteiger partial charge in [0.15, 0.2) is 0 Å². The van der Waals surface area contributed by atoms with Crippen molar-refractivity contribution in [3.05, 3.63) is 70.8 Å². The fourth-order valence-electron chi connectivity index (χ4n) is 3.44. The molecule has 0 saturated carbocycles. The number of unbranched alkanes of at least 4 members (excludes halogenated alkanes) is 4. The third-order valence-electron chi connectivity index (χ3n) is 4.99. The summed E-state index contributed by atoms with van der Waals surface area (Å²) in [6.07, 6.45) is 9.81. The highest BCUT2D eigenvalue weighted by atomic mass is 16.5. The lowest BCUT2D eigenvalue weighted by atomic mass is 9.90. The van der Waals surface area contributed by atoms with Crippen molar-refractivity contribution in [2.75, 3.05) is 6.61 Å². The van der Waals surface area contributed by atoms with Crippen molar-refractivity contribution < 1.29 is 9.53 Å². The van der Waals surface area contributed by atoms with Gasteiger partial charge in [-0.2, -0.15) is 0 Å². The smallest absolute Gasteiger partial charge is 0.338 e. The van der Waals surface area contributed by atoms with Gasteiger partial charge in [-0.3, -0.25) is 0 Å². The molecule has 0 saturated heterocycles. The molecule has 0 fully saturated rings. The van der Waals surface area contributed by atoms with Gasteiger partial charge in [0, 0.05) is 0 Å². The predicted octanol–water partition coefficient (Wildman–Crippen LogP) is 7.46. The van der Waals surface area contributed by atoms with Gasteiger partial charge in [-0.05, 0) is 54.5 Å². The molecule has 2 aromatic rings. The zero-order chi connectivity index (χ0) is 20.2. The molecule has 0 unspecified atom stereocenters. The number of benzene rings is 2. The SMILES string of the molecule is CCCCCOC(=O)c1cccc(C)c1/C(=C\c1ccccc1)CCCCC. The van der Waals surface area contributed by atoms with Crippen molar-refractivity contribution in [1.82, 2.24) is 0 Å². The Kier molecular flexibility index (Phi) is 9.54. The van der Waals surface area contributed by atoms with Crippen LogP contribution < -0.4 is 0 Å². The van der Waals surface area contributed by atoms with E-state index < -0.39 is 0 Å². The minimum atomic E-state index is -0.204. The number of rotatable bonds is 11. The zero-order valence-electron chi connectivity index (χ0n) is 17.7. The average molecular weight is 379 g/mol. The van der Waals surface area contributed by atoms with E-state index in [9.17, 15) is 4.79 Å². The minimum absolute atomic E-state index is 0.204. The first-order chi connectivity index (χ1) is 13.7. The fraction of sp³-hybridized carbons (Fsp3) is 0.423. The van der Waals surface area contributed by atoms with E-state index in [0.717, 1.165) is 43.2 Å². The summed E-state index contributed by atoms with van der Waals surface area (Å²) >= 11 is 0. The van der Waals surface area contributed by atoms with Crippen LogP contribution in [0.5, 0.6) is 0 Å². The van der Waals surface area contributed by atoms with Crippen LogP contribution >= 0.6 is 0 Å². The Hall–Kier alpha value is -2.35. The number of carbonyl (C=O) groups is 1. The molecule has 0 aromatic heterocycles. The highest BCUT2D eigenvalue weighted by Crippen LogP contribution is 2.30. The first-order valence-corrected chi connectivity index (χ1v) is 10.7. The van der Waals surface area contributed by atoms with Crippen LogP contribution in [0.2, 0.25) is 0 Å². The van der Waals surface area contributed by atoms with Crippen LogP contribution in [0.1, 0.15) is 85.8 Å². The molecule has 150 valence electrons. The number of hydrogen-bond acceptors (Lipinski definition) is 2. The van der Waals surface area contributed by atoms with E-state index >= 15 is 0 Å². The summed E-state index contributed by atoms with van der Waals surface area (Å²) in [5.41, 5.74) is 5.25. The second-order valence-electron chi connectivity index (χ2n) is 7.38. The normalized spacial score (nSPS) is 11.5. The quantitative estimate of drug-likeness (QED) is 0.230. The van der Waals surface area contributed by atoms with Crippen LogP contribution in [0.4, 0.5) is 0 Å². The Bertz CT molecular complexity index is 759. The van der Waals surface area contributed by atoms with Gasteiger partial charge in [-0.1, -0.05) is 88.1 Å². The van der Waals surface area contributed by atoms with Crippen molar-refractivity contribution in [2.45, 2.75) is 65.7 Å². The van der Waals surface area contributed by atoms with E-state index in [1.165, 1.54) is 24.0 Å². The number of ether oxygens (including phenoxy) is 1. The van der Waals surface area contributed by atoms with Gasteiger partial charge in [0.2, 0.25) is 0 Å². The highest BCUT2D eigenvalue weighted by molar-refractivity contribution is 5.98. The summed E-state index contributed by atoms with van der Waals surface area (Å²) in [5.74, 6) is -0.204. The lowest BCUT2D eigenvalue weighted by Gasteiger charge is -2.16. The molecule has 0 aliphatic rings. The number of hydrogen-bond donors (Lipinski definition) is 0. The molecule has 28 heavy (non-hydrogen) atoms. The Labute approximate surface area is 170 Å². The van der Waals surface area contributed by atoms with Crippen LogP contribution in [0.3, 0.4) is 0 Å². The molecular formula is C26H34O2. The van der Waals surface area contributed by atoms with Crippen LogP contribution in [0.25, 0.3) is 11.6 Å². The minimum Gasteiger partial charge on any atom is -0.462 e. The van der Waals surface area contributed by atoms with Crippen LogP contribution in [0.15, 0.2) is 48.5 Å². The second kappa shape index (κ2) is 12.2. The predicted molar refractivity (Wildman–Crippen MR) is 119 cm³/mol. The van der Waals surface area contributed by atoms with Crippen molar-refractivity contribution in [3.63, 3.8) is 0 Å². The molecule has 0 N–H and O–H groups in total. The third-order valence-corrected chi connectivity index (χ3v) is 4.99. The molecule has 0 radical (unpaired) electrons. The van der Waals surface area contributed by atoms with Crippen molar-refractivity contribution >= 4 is 17.6 Å². The summed E-state index contributed by atoms with van der Waals surface area (Å²) in [4.78, 5) is 12.8. The summed E-state index contributed by atoms with van der Waals surface area (Å²) < 4.78 is 5.59. The Morgan fingerprint density at radius 1 is 0.893 bits per heavy atom. The van der Waals surface area contributed by atoms with Gasteiger partial charge in [0.1, 0.15) is 0 Å². The Morgan fingerprint density at radius 3 is 2.32 bits per heavy atom. The maximum Gasteiger partial charge on any atom is 0.338 e. The molecule has 0 aliphatic carbocycles. The van der Waals surface area contributed by atoms with Gasteiger partial charge < -0.3 is 4.74 Å². The molecule has 2 nitrogen and oxygen atoms in total. The molecule has 2 aromatic carbocycles. The summed E-state index contributed by atoms with van der Waals surface area (Å²) in [6.45, 7) is 6.94. The van der Waals surface area contributed by atoms with Gasteiger partial charge in [0.25, 0.3) is 0 Å². The molecule has 0 aliphatic heterocycles. The molecule has 0 spiro atoms. The van der Waals surface area contributed by atoms with Crippen LogP contribution in [0, 0.1) is 6.92 Å². The van der Waals surface area contributed by atoms with E-state index in [1.54, 1.807) is 0 Å². The second-order valence-corrected chi connectivity index (χ2v) is 7.38. The van der Waals surface area contributed by atoms with Gasteiger partial charge in [-0.15, -0.1) is 0 Å². The molecule has 0 atom stereocenters. The number of carbonyl (C=O) groups excluding carboxylic acids is 1. The molecular weight excluding hydrogens is 344 g/mol. The van der Waals surface area contributed by atoms with Crippen LogP contribution in [-0.2, 0) is 4.74 Å². The maximum absolute atomic E-state index is 12.8. The fourth-order valence-corrected chi connectivity index (χ4v) is 3.44. The van der Waals surface area contributed by atoms with Gasteiger partial charge >= 0.3 is 5.97 Å².